The molecule has 0 fully saturated rings. The maximum Gasteiger partial charge on any atom is 0.306 e. The second-order valence-electron chi connectivity index (χ2n) is 7.02. The van der Waals surface area contributed by atoms with E-state index in [9.17, 15) is 8.42 Å². The van der Waals surface area contributed by atoms with Gasteiger partial charge in [0.05, 0.1) is 18.5 Å². The molecule has 3 aromatic heterocycles. The van der Waals surface area contributed by atoms with Crippen molar-refractivity contribution in [1.29, 1.82) is 0 Å². The van der Waals surface area contributed by atoms with Crippen LogP contribution in [0.25, 0.3) is 0 Å². The number of hydrogen-bond acceptors (Lipinski definition) is 11. The Morgan fingerprint density at radius 2 is 2.06 bits per heavy atom. The van der Waals surface area contributed by atoms with Crippen LogP contribution >= 0.6 is 0 Å². The van der Waals surface area contributed by atoms with Gasteiger partial charge in [0.15, 0.2) is 5.76 Å². The summed E-state index contributed by atoms with van der Waals surface area (Å²) in [6, 6.07) is 11.8. The van der Waals surface area contributed by atoms with Crippen LogP contribution in [-0.2, 0) is 23.3 Å². The zero-order valence-electron chi connectivity index (χ0n) is 17.8. The monoisotopic (exact) mass is 471 g/mol. The predicted molar refractivity (Wildman–Crippen MR) is 119 cm³/mol. The van der Waals surface area contributed by atoms with Crippen LogP contribution in [0.4, 0.5) is 17.6 Å². The smallest absolute Gasteiger partial charge is 0.306 e. The number of aromatic amines is 1. The fraction of sp³-hybridized carbons (Fsp3) is 0.200. The number of rotatable bonds is 10. The van der Waals surface area contributed by atoms with Crippen molar-refractivity contribution in [3.63, 3.8) is 0 Å². The van der Waals surface area contributed by atoms with Crippen molar-refractivity contribution in [2.75, 3.05) is 16.9 Å². The van der Waals surface area contributed by atoms with E-state index in [2.05, 4.69) is 36.0 Å². The van der Waals surface area contributed by atoms with Gasteiger partial charge >= 0.3 is 10.1 Å². The molecule has 0 saturated heterocycles. The van der Waals surface area contributed by atoms with Gasteiger partial charge in [0.2, 0.25) is 11.8 Å². The molecule has 4 aromatic rings. The van der Waals surface area contributed by atoms with Crippen molar-refractivity contribution in [3.8, 4) is 11.6 Å². The van der Waals surface area contributed by atoms with Crippen LogP contribution in [0.3, 0.4) is 0 Å². The highest BCUT2D eigenvalue weighted by atomic mass is 32.2. The number of nitrogens with one attached hydrogen (secondary N) is 3. The Balaban J connectivity index is 1.32. The minimum atomic E-state index is -3.60. The van der Waals surface area contributed by atoms with Crippen LogP contribution in [0, 0.1) is 6.92 Å². The highest BCUT2D eigenvalue weighted by molar-refractivity contribution is 7.86. The molecule has 172 valence electrons. The minimum absolute atomic E-state index is 0.175. The molecule has 0 spiro atoms. The third-order valence-corrected chi connectivity index (χ3v) is 4.60. The molecule has 3 N–H and O–H groups in total. The molecule has 0 aliphatic rings. The predicted octanol–water partition coefficient (Wildman–Crippen LogP) is 2.77. The number of benzene rings is 1. The number of aryl methyl sites for hydroxylation is 1. The van der Waals surface area contributed by atoms with Crippen LogP contribution in [0.1, 0.15) is 17.0 Å². The van der Waals surface area contributed by atoms with Gasteiger partial charge in [0.1, 0.15) is 24.0 Å². The number of anilines is 3. The molecule has 0 aliphatic heterocycles. The summed E-state index contributed by atoms with van der Waals surface area (Å²) in [6.07, 6.45) is 2.60. The standard InChI is InChI=1S/C20H21N7O5S/c1-13-8-16(31-27-13)11-22-20-21-7-6-17(24-20)23-18-10-19(26-25-18)30-12-14-4-3-5-15(9-14)32-33(2,28)29/h3-10H,11-12H2,1-2H3,(H3,21,22,23,24,25,26). The summed E-state index contributed by atoms with van der Waals surface area (Å²) < 4.78 is 38.2. The van der Waals surface area contributed by atoms with Gasteiger partial charge in [-0.2, -0.15) is 13.4 Å². The van der Waals surface area contributed by atoms with E-state index in [1.807, 2.05) is 13.0 Å². The quantitative estimate of drug-likeness (QED) is 0.292. The van der Waals surface area contributed by atoms with Gasteiger partial charge < -0.3 is 24.1 Å². The van der Waals surface area contributed by atoms with Gasteiger partial charge in [-0.25, -0.2) is 4.98 Å². The van der Waals surface area contributed by atoms with Crippen LogP contribution in [0.2, 0.25) is 0 Å². The molecule has 33 heavy (non-hydrogen) atoms. The Bertz CT molecular complexity index is 1340. The molecule has 0 amide bonds. The molecular formula is C20H21N7O5S. The molecule has 0 atom stereocenters. The average molecular weight is 471 g/mol. The van der Waals surface area contributed by atoms with E-state index in [1.54, 1.807) is 42.6 Å². The Hall–Kier alpha value is -4.13. The largest absolute Gasteiger partial charge is 0.472 e. The second-order valence-corrected chi connectivity index (χ2v) is 8.60. The minimum Gasteiger partial charge on any atom is -0.472 e. The molecule has 0 aliphatic carbocycles. The lowest BCUT2D eigenvalue weighted by Crippen LogP contribution is -2.06. The maximum atomic E-state index is 11.3. The molecule has 0 bridgehead atoms. The first-order chi connectivity index (χ1) is 15.8. The zero-order chi connectivity index (χ0) is 23.3. The second kappa shape index (κ2) is 9.56. The SMILES string of the molecule is Cc1cc(CNc2nccc(Nc3cc(OCc4cccc(OS(C)(=O)=O)c4)n[nH]3)n2)on1. The molecule has 0 radical (unpaired) electrons. The Kier molecular flexibility index (Phi) is 6.40. The highest BCUT2D eigenvalue weighted by Crippen LogP contribution is 2.20. The summed E-state index contributed by atoms with van der Waals surface area (Å²) >= 11 is 0. The van der Waals surface area contributed by atoms with Crippen molar-refractivity contribution in [2.24, 2.45) is 0 Å². The number of H-pyrrole nitrogens is 1. The molecule has 4 rings (SSSR count). The Labute approximate surface area is 189 Å². The Morgan fingerprint density at radius 1 is 1.18 bits per heavy atom. The van der Waals surface area contributed by atoms with Crippen LogP contribution in [0.15, 0.2) is 53.2 Å². The Morgan fingerprint density at radius 3 is 2.85 bits per heavy atom. The molecule has 1 aromatic carbocycles. The molecule has 0 saturated carbocycles. The van der Waals surface area contributed by atoms with Crippen LogP contribution in [-0.4, -0.2) is 40.0 Å². The summed E-state index contributed by atoms with van der Waals surface area (Å²) in [5.74, 6) is 2.77. The van der Waals surface area contributed by atoms with Crippen LogP contribution < -0.4 is 19.6 Å². The lowest BCUT2D eigenvalue weighted by atomic mass is 10.2. The highest BCUT2D eigenvalue weighted by Gasteiger charge is 2.08. The lowest BCUT2D eigenvalue weighted by Gasteiger charge is -2.06. The van der Waals surface area contributed by atoms with Gasteiger partial charge in [-0.3, -0.25) is 5.10 Å². The van der Waals surface area contributed by atoms with Crippen molar-refractivity contribution < 1.29 is 21.9 Å². The van der Waals surface area contributed by atoms with Crippen molar-refractivity contribution in [2.45, 2.75) is 20.1 Å². The van der Waals surface area contributed by atoms with E-state index >= 15 is 0 Å². The van der Waals surface area contributed by atoms with E-state index in [4.69, 9.17) is 13.4 Å². The van der Waals surface area contributed by atoms with Gasteiger partial charge in [-0.15, -0.1) is 5.10 Å². The third-order valence-electron chi connectivity index (χ3n) is 4.10. The van der Waals surface area contributed by atoms with Gasteiger partial charge in [-0.1, -0.05) is 17.3 Å². The first kappa shape index (κ1) is 22.1. The molecular weight excluding hydrogens is 450 g/mol. The van der Waals surface area contributed by atoms with Crippen LogP contribution in [0.5, 0.6) is 11.6 Å². The first-order valence-corrected chi connectivity index (χ1v) is 11.6. The molecule has 0 unspecified atom stereocenters. The van der Waals surface area contributed by atoms with E-state index in [1.165, 1.54) is 0 Å². The van der Waals surface area contributed by atoms with Gasteiger partial charge in [-0.05, 0) is 30.7 Å². The first-order valence-electron chi connectivity index (χ1n) is 9.75. The topological polar surface area (TPSA) is 157 Å². The lowest BCUT2D eigenvalue weighted by molar-refractivity contribution is 0.293. The van der Waals surface area contributed by atoms with Crippen molar-refractivity contribution in [3.05, 3.63) is 65.7 Å². The number of ether oxygens (including phenoxy) is 1. The van der Waals surface area contributed by atoms with Crippen molar-refractivity contribution >= 4 is 27.7 Å². The number of hydrogen-bond donors (Lipinski definition) is 3. The number of nitrogens with zero attached hydrogens (tertiary/aromatic N) is 4. The van der Waals surface area contributed by atoms with Crippen molar-refractivity contribution in [1.82, 2.24) is 25.3 Å². The maximum absolute atomic E-state index is 11.3. The zero-order valence-corrected chi connectivity index (χ0v) is 18.6. The fourth-order valence-corrected chi connectivity index (χ4v) is 3.23. The van der Waals surface area contributed by atoms with Gasteiger partial charge in [0.25, 0.3) is 0 Å². The fourth-order valence-electron chi connectivity index (χ4n) is 2.78. The summed E-state index contributed by atoms with van der Waals surface area (Å²) in [6.45, 7) is 2.43. The van der Waals surface area contributed by atoms with E-state index < -0.39 is 10.1 Å². The summed E-state index contributed by atoms with van der Waals surface area (Å²) in [7, 11) is -3.60. The van der Waals surface area contributed by atoms with Gasteiger partial charge in [0, 0.05) is 18.3 Å². The molecule has 12 nitrogen and oxygen atoms in total. The summed E-state index contributed by atoms with van der Waals surface area (Å²) in [5.41, 5.74) is 1.53. The third kappa shape index (κ3) is 6.67. The van der Waals surface area contributed by atoms with E-state index in [0.29, 0.717) is 35.8 Å². The molecule has 13 heteroatoms. The van der Waals surface area contributed by atoms with E-state index in [-0.39, 0.29) is 12.4 Å². The summed E-state index contributed by atoms with van der Waals surface area (Å²) in [4.78, 5) is 8.56. The molecule has 3 heterocycles. The normalized spacial score (nSPS) is 11.2. The summed E-state index contributed by atoms with van der Waals surface area (Å²) in [5, 5.41) is 16.9. The average Bonchev–Trinajstić information content (AvgIpc) is 3.39. The van der Waals surface area contributed by atoms with E-state index in [0.717, 1.165) is 17.5 Å². The number of aromatic nitrogens is 5.